The largest absolute Gasteiger partial charge is 0.481 e. The number of nitrogens with two attached hydrogens (primary N) is 1. The van der Waals surface area contributed by atoms with E-state index < -0.39 is 23.8 Å². The molecule has 0 amide bonds. The summed E-state index contributed by atoms with van der Waals surface area (Å²) < 4.78 is 4.50. The summed E-state index contributed by atoms with van der Waals surface area (Å²) in [6.07, 6.45) is 0. The molecule has 2 atom stereocenters. The van der Waals surface area contributed by atoms with Crippen molar-refractivity contribution in [1.29, 1.82) is 0 Å². The van der Waals surface area contributed by atoms with E-state index in [4.69, 9.17) is 22.4 Å². The molecule has 0 saturated heterocycles. The third-order valence-electron chi connectivity index (χ3n) is 2.68. The molecule has 0 bridgehead atoms. The fraction of sp³-hybridized carbons (Fsp3) is 0.333. The lowest BCUT2D eigenvalue weighted by atomic mass is 9.86. The Labute approximate surface area is 109 Å². The van der Waals surface area contributed by atoms with Crippen LogP contribution < -0.4 is 5.73 Å². The maximum atomic E-state index is 11.5. The van der Waals surface area contributed by atoms with E-state index in [1.54, 1.807) is 24.3 Å². The number of rotatable bonds is 5. The van der Waals surface area contributed by atoms with Gasteiger partial charge >= 0.3 is 11.9 Å². The summed E-state index contributed by atoms with van der Waals surface area (Å²) in [7, 11) is 1.15. The van der Waals surface area contributed by atoms with Gasteiger partial charge in [-0.15, -0.1) is 0 Å². The van der Waals surface area contributed by atoms with Gasteiger partial charge in [-0.1, -0.05) is 23.7 Å². The zero-order chi connectivity index (χ0) is 13.7. The SMILES string of the molecule is COC(=O)C(C(=O)O)C(CN)c1ccc(Cl)cc1. The molecule has 0 radical (unpaired) electrons. The zero-order valence-corrected chi connectivity index (χ0v) is 10.6. The van der Waals surface area contributed by atoms with Crippen LogP contribution in [0.1, 0.15) is 11.5 Å². The highest BCUT2D eigenvalue weighted by Gasteiger charge is 2.36. The van der Waals surface area contributed by atoms with Gasteiger partial charge in [0.2, 0.25) is 0 Å². The first-order valence-electron chi connectivity index (χ1n) is 5.27. The minimum Gasteiger partial charge on any atom is -0.481 e. The van der Waals surface area contributed by atoms with Crippen LogP contribution in [0.2, 0.25) is 5.02 Å². The Balaban J connectivity index is 3.09. The molecule has 3 N–H and O–H groups in total. The number of esters is 1. The smallest absolute Gasteiger partial charge is 0.320 e. The first-order chi connectivity index (χ1) is 8.51. The standard InChI is InChI=1S/C12H14ClNO4/c1-18-12(17)10(11(15)16)9(6-14)7-2-4-8(13)5-3-7/h2-5,9-10H,6,14H2,1H3,(H,15,16). The minimum absolute atomic E-state index is 0.0215. The molecule has 98 valence electrons. The van der Waals surface area contributed by atoms with E-state index in [0.29, 0.717) is 10.6 Å². The second kappa shape index (κ2) is 6.37. The summed E-state index contributed by atoms with van der Waals surface area (Å²) in [4.78, 5) is 22.7. The average molecular weight is 272 g/mol. The van der Waals surface area contributed by atoms with E-state index >= 15 is 0 Å². The number of ether oxygens (including phenoxy) is 1. The second-order valence-electron chi connectivity index (χ2n) is 3.73. The predicted octanol–water partition coefficient (Wildman–Crippen LogP) is 1.26. The highest BCUT2D eigenvalue weighted by atomic mass is 35.5. The number of carboxylic acid groups (broad SMARTS) is 1. The first-order valence-corrected chi connectivity index (χ1v) is 5.65. The van der Waals surface area contributed by atoms with Crippen LogP contribution in [0, 0.1) is 5.92 Å². The van der Waals surface area contributed by atoms with E-state index in [-0.39, 0.29) is 6.54 Å². The lowest BCUT2D eigenvalue weighted by molar-refractivity contribution is -0.157. The van der Waals surface area contributed by atoms with Gasteiger partial charge in [-0.25, -0.2) is 0 Å². The summed E-state index contributed by atoms with van der Waals surface area (Å²) in [5, 5.41) is 9.64. The van der Waals surface area contributed by atoms with E-state index in [0.717, 1.165) is 7.11 Å². The van der Waals surface area contributed by atoms with Crippen molar-refractivity contribution >= 4 is 23.5 Å². The molecule has 1 aromatic rings. The summed E-state index contributed by atoms with van der Waals surface area (Å²) in [6, 6.07) is 6.54. The van der Waals surface area contributed by atoms with Crippen molar-refractivity contribution < 1.29 is 19.4 Å². The lowest BCUT2D eigenvalue weighted by Crippen LogP contribution is -2.34. The monoisotopic (exact) mass is 271 g/mol. The van der Waals surface area contributed by atoms with Crippen LogP contribution in [0.3, 0.4) is 0 Å². The molecule has 6 heteroatoms. The van der Waals surface area contributed by atoms with Crippen LogP contribution in [0.5, 0.6) is 0 Å². The number of carboxylic acids is 1. The van der Waals surface area contributed by atoms with Gasteiger partial charge in [-0.3, -0.25) is 9.59 Å². The molecular formula is C12H14ClNO4. The Kier molecular flexibility index (Phi) is 5.12. The quantitative estimate of drug-likeness (QED) is 0.621. The van der Waals surface area contributed by atoms with E-state index in [1.807, 2.05) is 0 Å². The van der Waals surface area contributed by atoms with E-state index in [1.165, 1.54) is 0 Å². The lowest BCUT2D eigenvalue weighted by Gasteiger charge is -2.21. The Hall–Kier alpha value is -1.59. The van der Waals surface area contributed by atoms with Crippen molar-refractivity contribution in [2.45, 2.75) is 5.92 Å². The molecular weight excluding hydrogens is 258 g/mol. The van der Waals surface area contributed by atoms with Crippen molar-refractivity contribution in [3.63, 3.8) is 0 Å². The topological polar surface area (TPSA) is 89.6 Å². The number of hydrogen-bond acceptors (Lipinski definition) is 4. The van der Waals surface area contributed by atoms with E-state index in [9.17, 15) is 9.59 Å². The minimum atomic E-state index is -1.32. The number of hydrogen-bond donors (Lipinski definition) is 2. The summed E-state index contributed by atoms with van der Waals surface area (Å²) in [6.45, 7) is 0.0215. The molecule has 1 rings (SSSR count). The Bertz CT molecular complexity index is 432. The normalized spacial score (nSPS) is 13.7. The molecule has 18 heavy (non-hydrogen) atoms. The van der Waals surface area contributed by atoms with Crippen LogP contribution in [-0.4, -0.2) is 30.7 Å². The average Bonchev–Trinajstić information content (AvgIpc) is 2.35. The third kappa shape index (κ3) is 3.21. The summed E-state index contributed by atoms with van der Waals surface area (Å²) in [5.74, 6) is -4.03. The molecule has 0 aliphatic heterocycles. The molecule has 2 unspecified atom stereocenters. The van der Waals surface area contributed by atoms with Crippen LogP contribution in [0.4, 0.5) is 0 Å². The van der Waals surface area contributed by atoms with Gasteiger partial charge in [0.05, 0.1) is 7.11 Å². The maximum Gasteiger partial charge on any atom is 0.320 e. The first kappa shape index (κ1) is 14.5. The number of aliphatic carboxylic acids is 1. The zero-order valence-electron chi connectivity index (χ0n) is 9.80. The fourth-order valence-electron chi connectivity index (χ4n) is 1.74. The van der Waals surface area contributed by atoms with Gasteiger partial charge in [0.15, 0.2) is 5.92 Å². The summed E-state index contributed by atoms with van der Waals surface area (Å²) >= 11 is 5.75. The van der Waals surface area contributed by atoms with Crippen LogP contribution in [-0.2, 0) is 14.3 Å². The van der Waals surface area contributed by atoms with Crippen LogP contribution >= 0.6 is 11.6 Å². The van der Waals surface area contributed by atoms with Crippen LogP contribution in [0.15, 0.2) is 24.3 Å². The molecule has 5 nitrogen and oxygen atoms in total. The highest BCUT2D eigenvalue weighted by Crippen LogP contribution is 2.26. The number of carbonyl (C=O) groups excluding carboxylic acids is 1. The van der Waals surface area contributed by atoms with Crippen molar-refractivity contribution in [3.8, 4) is 0 Å². The van der Waals surface area contributed by atoms with Gasteiger partial charge in [-0.05, 0) is 17.7 Å². The van der Waals surface area contributed by atoms with Crippen molar-refractivity contribution in [2.75, 3.05) is 13.7 Å². The van der Waals surface area contributed by atoms with Gasteiger partial charge in [0, 0.05) is 17.5 Å². The van der Waals surface area contributed by atoms with Gasteiger partial charge in [-0.2, -0.15) is 0 Å². The molecule has 0 aromatic heterocycles. The van der Waals surface area contributed by atoms with Crippen molar-refractivity contribution in [2.24, 2.45) is 11.7 Å². The molecule has 0 saturated carbocycles. The summed E-state index contributed by atoms with van der Waals surface area (Å²) in [5.41, 5.74) is 6.21. The van der Waals surface area contributed by atoms with Crippen molar-refractivity contribution in [1.82, 2.24) is 0 Å². The Morgan fingerprint density at radius 3 is 2.33 bits per heavy atom. The number of halogens is 1. The molecule has 0 spiro atoms. The molecule has 0 heterocycles. The number of benzene rings is 1. The number of methoxy groups -OCH3 is 1. The highest BCUT2D eigenvalue weighted by molar-refractivity contribution is 6.30. The fourth-order valence-corrected chi connectivity index (χ4v) is 1.86. The van der Waals surface area contributed by atoms with Gasteiger partial charge in [0.1, 0.15) is 0 Å². The predicted molar refractivity (Wildman–Crippen MR) is 66.4 cm³/mol. The van der Waals surface area contributed by atoms with Crippen molar-refractivity contribution in [3.05, 3.63) is 34.9 Å². The Morgan fingerprint density at radius 2 is 1.94 bits per heavy atom. The third-order valence-corrected chi connectivity index (χ3v) is 2.93. The number of carbonyl (C=O) groups is 2. The Morgan fingerprint density at radius 1 is 1.39 bits per heavy atom. The molecule has 1 aromatic carbocycles. The molecule has 0 fully saturated rings. The van der Waals surface area contributed by atoms with E-state index in [2.05, 4.69) is 4.74 Å². The van der Waals surface area contributed by atoms with Gasteiger partial charge < -0.3 is 15.6 Å². The molecule has 0 aliphatic rings. The van der Waals surface area contributed by atoms with Gasteiger partial charge in [0.25, 0.3) is 0 Å². The maximum absolute atomic E-state index is 11.5. The molecule has 0 aliphatic carbocycles. The second-order valence-corrected chi connectivity index (χ2v) is 4.17. The van der Waals surface area contributed by atoms with Crippen LogP contribution in [0.25, 0.3) is 0 Å².